The van der Waals surface area contributed by atoms with Crippen LogP contribution in [0.25, 0.3) is 21.9 Å². The molecule has 5 nitrogen and oxygen atoms in total. The van der Waals surface area contributed by atoms with Gasteiger partial charge in [-0.2, -0.15) is 0 Å². The normalized spacial score (nSPS) is 11.2. The molecule has 4 aromatic rings. The Balaban J connectivity index is 1.59. The zero-order valence-electron chi connectivity index (χ0n) is 14.6. The second kappa shape index (κ2) is 6.80. The maximum absolute atomic E-state index is 12.5. The maximum atomic E-state index is 12.5. The van der Waals surface area contributed by atoms with E-state index in [4.69, 9.17) is 0 Å². The van der Waals surface area contributed by atoms with Crippen LogP contribution < -0.4 is 4.90 Å². The van der Waals surface area contributed by atoms with Gasteiger partial charge in [-0.1, -0.05) is 41.6 Å². The quantitative estimate of drug-likeness (QED) is 0.437. The lowest BCUT2D eigenvalue weighted by atomic mass is 10.2. The van der Waals surface area contributed by atoms with Crippen molar-refractivity contribution in [1.82, 2.24) is 15.0 Å². The molecule has 0 aliphatic rings. The summed E-state index contributed by atoms with van der Waals surface area (Å²) in [4.78, 5) is 26.4. The Morgan fingerprint density at radius 1 is 1.15 bits per heavy atom. The predicted molar refractivity (Wildman–Crippen MR) is 107 cm³/mol. The molecule has 0 aliphatic carbocycles. The van der Waals surface area contributed by atoms with Crippen molar-refractivity contribution in [3.05, 3.63) is 60.4 Å². The maximum Gasteiger partial charge on any atom is 0.237 e. The van der Waals surface area contributed by atoms with Gasteiger partial charge in [0, 0.05) is 23.6 Å². The molecular formula is C20H18N4OS. The number of hydrogen-bond acceptors (Lipinski definition) is 4. The van der Waals surface area contributed by atoms with E-state index in [2.05, 4.69) is 40.1 Å². The van der Waals surface area contributed by atoms with Gasteiger partial charge >= 0.3 is 0 Å². The molecule has 0 bridgehead atoms. The summed E-state index contributed by atoms with van der Waals surface area (Å²) in [5.41, 5.74) is 4.87. The van der Waals surface area contributed by atoms with Crippen LogP contribution in [0.4, 0.5) is 5.69 Å². The number of carbonyl (C=O) groups excluding carboxylic acids is 1. The smallest absolute Gasteiger partial charge is 0.237 e. The SMILES string of the molecule is Cc1ccc2[nH]c3c(SCC(=O)N(C)c4ccccc4)ncnc3c2c1. The Morgan fingerprint density at radius 2 is 1.96 bits per heavy atom. The van der Waals surface area contributed by atoms with E-state index >= 15 is 0 Å². The van der Waals surface area contributed by atoms with Crippen LogP contribution in [-0.2, 0) is 4.79 Å². The molecule has 0 unspecified atom stereocenters. The number of nitrogens with zero attached hydrogens (tertiary/aromatic N) is 3. The minimum absolute atomic E-state index is 0.0277. The highest BCUT2D eigenvalue weighted by atomic mass is 32.2. The van der Waals surface area contributed by atoms with E-state index in [1.54, 1.807) is 18.3 Å². The highest BCUT2D eigenvalue weighted by molar-refractivity contribution is 8.00. The third kappa shape index (κ3) is 3.04. The van der Waals surface area contributed by atoms with E-state index in [0.717, 1.165) is 32.6 Å². The molecule has 26 heavy (non-hydrogen) atoms. The molecule has 6 heteroatoms. The second-order valence-electron chi connectivity index (χ2n) is 6.15. The zero-order valence-corrected chi connectivity index (χ0v) is 15.4. The third-order valence-corrected chi connectivity index (χ3v) is 5.33. The van der Waals surface area contributed by atoms with Gasteiger partial charge in [0.15, 0.2) is 0 Å². The van der Waals surface area contributed by atoms with Crippen LogP contribution in [0.1, 0.15) is 5.56 Å². The summed E-state index contributed by atoms with van der Waals surface area (Å²) in [6, 6.07) is 15.9. The van der Waals surface area contributed by atoms with Crippen LogP contribution in [-0.4, -0.2) is 33.7 Å². The minimum atomic E-state index is 0.0277. The molecule has 1 N–H and O–H groups in total. The number of aryl methyl sites for hydroxylation is 1. The van der Waals surface area contributed by atoms with Crippen molar-refractivity contribution in [2.24, 2.45) is 0 Å². The Hall–Kier alpha value is -2.86. The van der Waals surface area contributed by atoms with Crippen LogP contribution >= 0.6 is 11.8 Å². The first kappa shape index (κ1) is 16.6. The molecule has 0 saturated carbocycles. The van der Waals surface area contributed by atoms with Crippen LogP contribution in [0.5, 0.6) is 0 Å². The Bertz CT molecular complexity index is 1090. The van der Waals surface area contributed by atoms with Gasteiger partial charge in [-0.05, 0) is 31.2 Å². The Morgan fingerprint density at radius 3 is 2.77 bits per heavy atom. The molecule has 4 rings (SSSR count). The number of aromatic nitrogens is 3. The van der Waals surface area contributed by atoms with Crippen molar-refractivity contribution < 1.29 is 4.79 Å². The number of hydrogen-bond donors (Lipinski definition) is 1. The van der Waals surface area contributed by atoms with E-state index in [0.29, 0.717) is 5.75 Å². The molecule has 2 aromatic heterocycles. The number of aromatic amines is 1. The van der Waals surface area contributed by atoms with Crippen molar-refractivity contribution in [2.75, 3.05) is 17.7 Å². The van der Waals surface area contributed by atoms with Crippen molar-refractivity contribution in [2.45, 2.75) is 11.9 Å². The molecular weight excluding hydrogens is 344 g/mol. The number of para-hydroxylation sites is 1. The molecule has 0 aliphatic heterocycles. The molecule has 0 saturated heterocycles. The van der Waals surface area contributed by atoms with Crippen LogP contribution in [0.2, 0.25) is 0 Å². The Labute approximate surface area is 155 Å². The lowest BCUT2D eigenvalue weighted by molar-refractivity contribution is -0.115. The van der Waals surface area contributed by atoms with Gasteiger partial charge in [0.1, 0.15) is 16.9 Å². The summed E-state index contributed by atoms with van der Waals surface area (Å²) in [5.74, 6) is 0.339. The van der Waals surface area contributed by atoms with Crippen molar-refractivity contribution in [3.8, 4) is 0 Å². The monoisotopic (exact) mass is 362 g/mol. The summed E-state index contributed by atoms with van der Waals surface area (Å²) >= 11 is 1.43. The number of rotatable bonds is 4. The number of amides is 1. The van der Waals surface area contributed by atoms with E-state index in [-0.39, 0.29) is 5.91 Å². The molecule has 130 valence electrons. The first-order valence-corrected chi connectivity index (χ1v) is 9.29. The number of thioether (sulfide) groups is 1. The second-order valence-corrected chi connectivity index (χ2v) is 7.12. The number of benzene rings is 2. The van der Waals surface area contributed by atoms with Gasteiger partial charge in [-0.3, -0.25) is 4.79 Å². The topological polar surface area (TPSA) is 61.9 Å². The lowest BCUT2D eigenvalue weighted by Gasteiger charge is -2.16. The molecule has 0 fully saturated rings. The highest BCUT2D eigenvalue weighted by Gasteiger charge is 2.15. The standard InChI is InChI=1S/C20H18N4OS/c1-13-8-9-16-15(10-13)18-19(23-16)20(22-12-21-18)26-11-17(25)24(2)14-6-4-3-5-7-14/h3-10,12,23H,11H2,1-2H3. The van der Waals surface area contributed by atoms with Crippen LogP contribution in [0.15, 0.2) is 59.9 Å². The van der Waals surface area contributed by atoms with E-state index in [9.17, 15) is 4.79 Å². The molecule has 2 aromatic carbocycles. The average molecular weight is 362 g/mol. The van der Waals surface area contributed by atoms with Gasteiger partial charge < -0.3 is 9.88 Å². The summed E-state index contributed by atoms with van der Waals surface area (Å²) in [6.45, 7) is 2.06. The fourth-order valence-electron chi connectivity index (χ4n) is 2.92. The van der Waals surface area contributed by atoms with E-state index in [1.807, 2.05) is 30.3 Å². The minimum Gasteiger partial charge on any atom is -0.351 e. The fourth-order valence-corrected chi connectivity index (χ4v) is 3.78. The van der Waals surface area contributed by atoms with Gasteiger partial charge in [0.05, 0.1) is 11.3 Å². The largest absolute Gasteiger partial charge is 0.351 e. The number of nitrogens with one attached hydrogen (secondary N) is 1. The number of H-pyrrole nitrogens is 1. The number of fused-ring (bicyclic) bond motifs is 3. The summed E-state index contributed by atoms with van der Waals surface area (Å²) < 4.78 is 0. The summed E-state index contributed by atoms with van der Waals surface area (Å²) in [5, 5.41) is 1.87. The zero-order chi connectivity index (χ0) is 18.1. The van der Waals surface area contributed by atoms with Gasteiger partial charge in [0.25, 0.3) is 0 Å². The fraction of sp³-hybridized carbons (Fsp3) is 0.150. The third-order valence-electron chi connectivity index (χ3n) is 4.35. The molecule has 0 atom stereocenters. The predicted octanol–water partition coefficient (Wildman–Crippen LogP) is 4.17. The van der Waals surface area contributed by atoms with Crippen LogP contribution in [0, 0.1) is 6.92 Å². The number of anilines is 1. The van der Waals surface area contributed by atoms with Crippen molar-refractivity contribution in [3.63, 3.8) is 0 Å². The molecule has 2 heterocycles. The average Bonchev–Trinajstić information content (AvgIpc) is 3.04. The molecule has 0 radical (unpaired) electrons. The molecule has 1 amide bonds. The van der Waals surface area contributed by atoms with Crippen molar-refractivity contribution >= 4 is 45.3 Å². The van der Waals surface area contributed by atoms with Gasteiger partial charge in [0.2, 0.25) is 5.91 Å². The van der Waals surface area contributed by atoms with Crippen LogP contribution in [0.3, 0.4) is 0 Å². The first-order valence-electron chi connectivity index (χ1n) is 8.31. The Kier molecular flexibility index (Phi) is 4.34. The van der Waals surface area contributed by atoms with Crippen molar-refractivity contribution in [1.29, 1.82) is 0 Å². The summed E-state index contributed by atoms with van der Waals surface area (Å²) in [7, 11) is 1.79. The summed E-state index contributed by atoms with van der Waals surface area (Å²) in [6.07, 6.45) is 1.56. The first-order chi connectivity index (χ1) is 12.6. The molecule has 0 spiro atoms. The lowest BCUT2D eigenvalue weighted by Crippen LogP contribution is -2.27. The van der Waals surface area contributed by atoms with E-state index in [1.165, 1.54) is 17.3 Å². The van der Waals surface area contributed by atoms with Gasteiger partial charge in [-0.15, -0.1) is 0 Å². The van der Waals surface area contributed by atoms with E-state index < -0.39 is 0 Å². The highest BCUT2D eigenvalue weighted by Crippen LogP contribution is 2.30. The van der Waals surface area contributed by atoms with Gasteiger partial charge in [-0.25, -0.2) is 9.97 Å². The number of carbonyl (C=O) groups is 1.